The van der Waals surface area contributed by atoms with Crippen LogP contribution in [-0.2, 0) is 19.1 Å². The molecule has 0 saturated carbocycles. The molecule has 0 aromatic heterocycles. The zero-order valence-corrected chi connectivity index (χ0v) is 14.7. The number of halogens is 1. The summed E-state index contributed by atoms with van der Waals surface area (Å²) in [5.74, 6) is -2.53. The standard InChI is InChI=1S/C17H23ClO6/c1-9-4-12(20)5-10(2)7-14-15(13(6-9)23-11(3)19)17(22,8-18)16(21)24-14/h4,7,12-15,20,22H,5-6,8H2,1-3H3. The average molecular weight is 359 g/mol. The number of rotatable bonds is 2. The van der Waals surface area contributed by atoms with Crippen LogP contribution in [0.25, 0.3) is 0 Å². The van der Waals surface area contributed by atoms with Gasteiger partial charge in [-0.1, -0.05) is 17.2 Å². The van der Waals surface area contributed by atoms with E-state index in [0.717, 1.165) is 11.1 Å². The first-order valence-electron chi connectivity index (χ1n) is 7.86. The van der Waals surface area contributed by atoms with Crippen LogP contribution in [0.15, 0.2) is 23.3 Å². The maximum atomic E-state index is 12.2. The van der Waals surface area contributed by atoms with Gasteiger partial charge in [-0.15, -0.1) is 11.6 Å². The lowest BCUT2D eigenvalue weighted by Gasteiger charge is -2.33. The van der Waals surface area contributed by atoms with Gasteiger partial charge in [0.15, 0.2) is 5.60 Å². The van der Waals surface area contributed by atoms with E-state index in [9.17, 15) is 19.8 Å². The summed E-state index contributed by atoms with van der Waals surface area (Å²) in [7, 11) is 0. The van der Waals surface area contributed by atoms with Gasteiger partial charge in [-0.2, -0.15) is 0 Å². The summed E-state index contributed by atoms with van der Waals surface area (Å²) in [5.41, 5.74) is -0.337. The molecule has 0 radical (unpaired) electrons. The number of hydrogen-bond donors (Lipinski definition) is 2. The third-order valence-corrected chi connectivity index (χ3v) is 4.81. The molecule has 1 saturated heterocycles. The van der Waals surface area contributed by atoms with Gasteiger partial charge in [0, 0.05) is 13.3 Å². The summed E-state index contributed by atoms with van der Waals surface area (Å²) in [4.78, 5) is 23.7. The summed E-state index contributed by atoms with van der Waals surface area (Å²) >= 11 is 5.86. The lowest BCUT2D eigenvalue weighted by molar-refractivity contribution is -0.159. The van der Waals surface area contributed by atoms with Crippen LogP contribution < -0.4 is 0 Å². The Morgan fingerprint density at radius 3 is 2.58 bits per heavy atom. The Bertz CT molecular complexity index is 584. The molecule has 0 spiro atoms. The van der Waals surface area contributed by atoms with Gasteiger partial charge in [0.25, 0.3) is 0 Å². The minimum atomic E-state index is -1.93. The van der Waals surface area contributed by atoms with Crippen molar-refractivity contribution in [3.05, 3.63) is 23.3 Å². The SMILES string of the molecule is CC(=O)OC1CC(C)=CC(O)CC(C)=CC2OC(=O)C(O)(CCl)C21. The fourth-order valence-electron chi connectivity index (χ4n) is 3.41. The Morgan fingerprint density at radius 2 is 2.00 bits per heavy atom. The van der Waals surface area contributed by atoms with Gasteiger partial charge in [0.2, 0.25) is 0 Å². The summed E-state index contributed by atoms with van der Waals surface area (Å²) < 4.78 is 10.7. The Hall–Kier alpha value is -1.37. The summed E-state index contributed by atoms with van der Waals surface area (Å²) in [6.45, 7) is 4.87. The topological polar surface area (TPSA) is 93.1 Å². The second kappa shape index (κ2) is 7.25. The molecule has 6 nitrogen and oxygen atoms in total. The first-order chi connectivity index (χ1) is 11.2. The van der Waals surface area contributed by atoms with Crippen molar-refractivity contribution >= 4 is 23.5 Å². The smallest absolute Gasteiger partial charge is 0.340 e. The molecule has 1 aliphatic heterocycles. The van der Waals surface area contributed by atoms with Crippen molar-refractivity contribution < 1.29 is 29.3 Å². The van der Waals surface area contributed by atoms with Gasteiger partial charge in [0.1, 0.15) is 12.2 Å². The third kappa shape index (κ3) is 3.82. The molecule has 7 heteroatoms. The normalized spacial score (nSPS) is 37.0. The molecule has 2 aliphatic rings. The number of carbonyl (C=O) groups excluding carboxylic acids is 2. The highest BCUT2D eigenvalue weighted by molar-refractivity contribution is 6.20. The van der Waals surface area contributed by atoms with Gasteiger partial charge < -0.3 is 19.7 Å². The van der Waals surface area contributed by atoms with E-state index in [4.69, 9.17) is 21.1 Å². The number of carbonyl (C=O) groups is 2. The first kappa shape index (κ1) is 19.0. The van der Waals surface area contributed by atoms with Crippen LogP contribution in [0.3, 0.4) is 0 Å². The Balaban J connectivity index is 2.51. The zero-order valence-electron chi connectivity index (χ0n) is 14.0. The highest BCUT2D eigenvalue weighted by Gasteiger charge is 2.59. The van der Waals surface area contributed by atoms with Crippen LogP contribution in [0.1, 0.15) is 33.6 Å². The Morgan fingerprint density at radius 1 is 1.38 bits per heavy atom. The largest absolute Gasteiger partial charge is 0.462 e. The van der Waals surface area contributed by atoms with E-state index in [2.05, 4.69) is 0 Å². The number of esters is 2. The van der Waals surface area contributed by atoms with Gasteiger partial charge >= 0.3 is 11.9 Å². The van der Waals surface area contributed by atoms with Crippen molar-refractivity contribution in [3.8, 4) is 0 Å². The number of aliphatic hydroxyl groups excluding tert-OH is 1. The van der Waals surface area contributed by atoms with E-state index in [1.165, 1.54) is 6.92 Å². The van der Waals surface area contributed by atoms with Crippen molar-refractivity contribution in [2.24, 2.45) is 5.92 Å². The van der Waals surface area contributed by atoms with Gasteiger partial charge in [-0.3, -0.25) is 4.79 Å². The molecular weight excluding hydrogens is 336 g/mol. The van der Waals surface area contributed by atoms with Crippen LogP contribution in [0, 0.1) is 5.92 Å². The number of alkyl halides is 1. The van der Waals surface area contributed by atoms with E-state index in [1.54, 1.807) is 26.0 Å². The molecule has 5 unspecified atom stereocenters. The molecule has 1 heterocycles. The quantitative estimate of drug-likeness (QED) is 0.441. The van der Waals surface area contributed by atoms with Crippen molar-refractivity contribution in [2.45, 2.75) is 57.5 Å². The number of hydrogen-bond acceptors (Lipinski definition) is 6. The molecule has 5 atom stereocenters. The van der Waals surface area contributed by atoms with Crippen molar-refractivity contribution in [3.63, 3.8) is 0 Å². The molecule has 0 amide bonds. The van der Waals surface area contributed by atoms with Crippen LogP contribution >= 0.6 is 11.6 Å². The van der Waals surface area contributed by atoms with Crippen LogP contribution in [0.2, 0.25) is 0 Å². The van der Waals surface area contributed by atoms with Crippen LogP contribution in [0.4, 0.5) is 0 Å². The predicted octanol–water partition coefficient (Wildman–Crippen LogP) is 1.48. The molecule has 24 heavy (non-hydrogen) atoms. The second-order valence-electron chi connectivity index (χ2n) is 6.60. The molecule has 2 N–H and O–H groups in total. The number of ether oxygens (including phenoxy) is 2. The molecule has 0 aromatic rings. The Kier molecular flexibility index (Phi) is 5.73. The molecule has 2 rings (SSSR count). The zero-order chi connectivity index (χ0) is 18.1. The molecule has 1 fully saturated rings. The molecule has 1 aliphatic carbocycles. The van der Waals surface area contributed by atoms with E-state index in [-0.39, 0.29) is 12.3 Å². The molecule has 0 bridgehead atoms. The summed E-state index contributed by atoms with van der Waals surface area (Å²) in [6.07, 6.45) is 1.76. The summed E-state index contributed by atoms with van der Waals surface area (Å²) in [6, 6.07) is 0. The fourth-order valence-corrected chi connectivity index (χ4v) is 3.70. The fraction of sp³-hybridized carbons (Fsp3) is 0.647. The Labute approximate surface area is 146 Å². The van der Waals surface area contributed by atoms with E-state index in [0.29, 0.717) is 6.42 Å². The monoisotopic (exact) mass is 358 g/mol. The maximum absolute atomic E-state index is 12.2. The van der Waals surface area contributed by atoms with Crippen LogP contribution in [0.5, 0.6) is 0 Å². The first-order valence-corrected chi connectivity index (χ1v) is 8.40. The van der Waals surface area contributed by atoms with Gasteiger partial charge in [-0.25, -0.2) is 4.79 Å². The van der Waals surface area contributed by atoms with Crippen molar-refractivity contribution in [1.29, 1.82) is 0 Å². The van der Waals surface area contributed by atoms with Crippen molar-refractivity contribution in [2.75, 3.05) is 5.88 Å². The lowest BCUT2D eigenvalue weighted by atomic mass is 9.79. The molecule has 134 valence electrons. The third-order valence-electron chi connectivity index (χ3n) is 4.40. The summed E-state index contributed by atoms with van der Waals surface area (Å²) in [5, 5.41) is 20.8. The van der Waals surface area contributed by atoms with E-state index < -0.39 is 41.8 Å². The highest BCUT2D eigenvalue weighted by atomic mass is 35.5. The lowest BCUT2D eigenvalue weighted by Crippen LogP contribution is -2.50. The van der Waals surface area contributed by atoms with E-state index >= 15 is 0 Å². The molecular formula is C17H23ClO6. The maximum Gasteiger partial charge on any atom is 0.340 e. The van der Waals surface area contributed by atoms with Crippen LogP contribution in [-0.4, -0.2) is 51.9 Å². The molecule has 0 aromatic carbocycles. The predicted molar refractivity (Wildman–Crippen MR) is 87.3 cm³/mol. The van der Waals surface area contributed by atoms with E-state index in [1.807, 2.05) is 0 Å². The minimum Gasteiger partial charge on any atom is -0.462 e. The second-order valence-corrected chi connectivity index (χ2v) is 6.87. The average Bonchev–Trinajstić information content (AvgIpc) is 2.68. The van der Waals surface area contributed by atoms with Crippen molar-refractivity contribution in [1.82, 2.24) is 0 Å². The number of fused-ring (bicyclic) bond motifs is 1. The highest BCUT2D eigenvalue weighted by Crippen LogP contribution is 2.40. The number of aliphatic hydroxyl groups is 2. The van der Waals surface area contributed by atoms with Gasteiger partial charge in [-0.05, 0) is 26.3 Å². The minimum absolute atomic E-state index is 0.264. The van der Waals surface area contributed by atoms with Gasteiger partial charge in [0.05, 0.1) is 17.9 Å².